The van der Waals surface area contributed by atoms with Crippen molar-refractivity contribution in [3.05, 3.63) is 30.3 Å². The first-order chi connectivity index (χ1) is 8.83. The molecule has 1 saturated carbocycles. The Bertz CT molecular complexity index is 406. The van der Waals surface area contributed by atoms with Gasteiger partial charge in [0.1, 0.15) is 5.78 Å². The van der Waals surface area contributed by atoms with Gasteiger partial charge in [-0.25, -0.2) is 0 Å². The van der Waals surface area contributed by atoms with Gasteiger partial charge in [0.15, 0.2) is 0 Å². The maximum absolute atomic E-state index is 11.8. The number of carbonyl (C=O) groups excluding carboxylic acids is 1. The summed E-state index contributed by atoms with van der Waals surface area (Å²) in [6.45, 7) is 4.75. The molecule has 0 aromatic heterocycles. The minimum Gasteiger partial charge on any atom is -0.369 e. The van der Waals surface area contributed by atoms with Gasteiger partial charge in [-0.05, 0) is 25.0 Å². The summed E-state index contributed by atoms with van der Waals surface area (Å²) in [4.78, 5) is 16.5. The number of carbonyl (C=O) groups is 1. The van der Waals surface area contributed by atoms with E-state index in [9.17, 15) is 4.79 Å². The zero-order valence-corrected chi connectivity index (χ0v) is 10.7. The molecular formula is C15H20N2O. The van der Waals surface area contributed by atoms with Crippen LogP contribution in [0.3, 0.4) is 0 Å². The fourth-order valence-electron chi connectivity index (χ4n) is 2.56. The van der Waals surface area contributed by atoms with E-state index in [4.69, 9.17) is 0 Å². The molecule has 0 amide bonds. The van der Waals surface area contributed by atoms with E-state index in [2.05, 4.69) is 34.1 Å². The molecule has 1 aliphatic heterocycles. The van der Waals surface area contributed by atoms with Gasteiger partial charge in [-0.2, -0.15) is 0 Å². The quantitative estimate of drug-likeness (QED) is 0.806. The first kappa shape index (κ1) is 11.7. The van der Waals surface area contributed by atoms with E-state index >= 15 is 0 Å². The van der Waals surface area contributed by atoms with Crippen molar-refractivity contribution < 1.29 is 4.79 Å². The summed E-state index contributed by atoms with van der Waals surface area (Å²) in [5, 5.41) is 0. The Kier molecular flexibility index (Phi) is 3.33. The Morgan fingerprint density at radius 1 is 1.06 bits per heavy atom. The second-order valence-corrected chi connectivity index (χ2v) is 5.34. The van der Waals surface area contributed by atoms with Crippen LogP contribution in [0.2, 0.25) is 0 Å². The number of hydrogen-bond donors (Lipinski definition) is 0. The van der Waals surface area contributed by atoms with Crippen molar-refractivity contribution in [1.29, 1.82) is 0 Å². The summed E-state index contributed by atoms with van der Waals surface area (Å²) in [5.41, 5.74) is 1.30. The minimum absolute atomic E-state index is 0.400. The number of ketones is 1. The third-order valence-corrected chi connectivity index (χ3v) is 3.91. The number of piperazine rings is 1. The Labute approximate surface area is 108 Å². The van der Waals surface area contributed by atoms with Crippen LogP contribution in [0, 0.1) is 5.92 Å². The number of benzene rings is 1. The van der Waals surface area contributed by atoms with Crippen LogP contribution in [0.25, 0.3) is 0 Å². The maximum Gasteiger partial charge on any atom is 0.149 e. The van der Waals surface area contributed by atoms with Crippen molar-refractivity contribution in [3.8, 4) is 0 Å². The van der Waals surface area contributed by atoms with E-state index in [1.165, 1.54) is 5.69 Å². The molecule has 0 N–H and O–H groups in total. The van der Waals surface area contributed by atoms with Crippen LogP contribution in [0.15, 0.2) is 30.3 Å². The third-order valence-electron chi connectivity index (χ3n) is 3.91. The Morgan fingerprint density at radius 2 is 1.72 bits per heavy atom. The zero-order chi connectivity index (χ0) is 12.4. The van der Waals surface area contributed by atoms with Crippen LogP contribution in [0.5, 0.6) is 0 Å². The standard InChI is InChI=1S/C15H20N2O/c18-15(13-6-7-13)12-16-8-10-17(11-9-16)14-4-2-1-3-5-14/h1-5,13H,6-12H2. The zero-order valence-electron chi connectivity index (χ0n) is 10.7. The van der Waals surface area contributed by atoms with Crippen LogP contribution in [0.1, 0.15) is 12.8 Å². The average molecular weight is 244 g/mol. The molecule has 3 nitrogen and oxygen atoms in total. The van der Waals surface area contributed by atoms with Crippen molar-refractivity contribution in [3.63, 3.8) is 0 Å². The fraction of sp³-hybridized carbons (Fsp3) is 0.533. The van der Waals surface area contributed by atoms with Gasteiger partial charge in [0.25, 0.3) is 0 Å². The van der Waals surface area contributed by atoms with E-state index in [-0.39, 0.29) is 0 Å². The Balaban J connectivity index is 1.50. The molecule has 3 heteroatoms. The van der Waals surface area contributed by atoms with Gasteiger partial charge < -0.3 is 4.90 Å². The molecule has 0 unspecified atom stereocenters. The van der Waals surface area contributed by atoms with Crippen LogP contribution in [-0.2, 0) is 4.79 Å². The molecule has 0 bridgehead atoms. The Morgan fingerprint density at radius 3 is 2.33 bits per heavy atom. The van der Waals surface area contributed by atoms with E-state index < -0.39 is 0 Å². The summed E-state index contributed by atoms with van der Waals surface area (Å²) >= 11 is 0. The first-order valence-electron chi connectivity index (χ1n) is 6.88. The molecule has 2 fully saturated rings. The molecule has 0 spiro atoms. The predicted octanol–water partition coefficient (Wildman–Crippen LogP) is 1.79. The normalized spacial score (nSPS) is 21.0. The van der Waals surface area contributed by atoms with Crippen molar-refractivity contribution in [1.82, 2.24) is 4.90 Å². The highest BCUT2D eigenvalue weighted by molar-refractivity contribution is 5.85. The van der Waals surface area contributed by atoms with Crippen LogP contribution in [0.4, 0.5) is 5.69 Å². The lowest BCUT2D eigenvalue weighted by Gasteiger charge is -2.35. The molecule has 1 heterocycles. The highest BCUT2D eigenvalue weighted by Gasteiger charge is 2.31. The first-order valence-corrected chi connectivity index (χ1v) is 6.88. The molecule has 0 atom stereocenters. The molecule has 2 aliphatic rings. The highest BCUT2D eigenvalue weighted by Crippen LogP contribution is 2.30. The molecule has 1 aliphatic carbocycles. The van der Waals surface area contributed by atoms with Crippen molar-refractivity contribution in [2.45, 2.75) is 12.8 Å². The van der Waals surface area contributed by atoms with Gasteiger partial charge >= 0.3 is 0 Å². The van der Waals surface area contributed by atoms with Crippen molar-refractivity contribution >= 4 is 11.5 Å². The second-order valence-electron chi connectivity index (χ2n) is 5.34. The third kappa shape index (κ3) is 2.72. The summed E-state index contributed by atoms with van der Waals surface area (Å²) in [5.74, 6) is 0.861. The largest absolute Gasteiger partial charge is 0.369 e. The van der Waals surface area contributed by atoms with Crippen LogP contribution in [-0.4, -0.2) is 43.4 Å². The van der Waals surface area contributed by atoms with Crippen molar-refractivity contribution in [2.75, 3.05) is 37.6 Å². The number of nitrogens with zero attached hydrogens (tertiary/aromatic N) is 2. The number of Topliss-reactive ketones (excluding diaryl/α,β-unsaturated/α-hetero) is 1. The van der Waals surface area contributed by atoms with Gasteiger partial charge in [-0.3, -0.25) is 9.69 Å². The highest BCUT2D eigenvalue weighted by atomic mass is 16.1. The SMILES string of the molecule is O=C(CN1CCN(c2ccccc2)CC1)C1CC1. The summed E-state index contributed by atoms with van der Waals surface area (Å²) < 4.78 is 0. The molecule has 1 saturated heterocycles. The number of hydrogen-bond acceptors (Lipinski definition) is 3. The van der Waals surface area contributed by atoms with Gasteiger partial charge in [0.2, 0.25) is 0 Å². The lowest BCUT2D eigenvalue weighted by atomic mass is 10.2. The van der Waals surface area contributed by atoms with Crippen LogP contribution >= 0.6 is 0 Å². The summed E-state index contributed by atoms with van der Waals surface area (Å²) in [6, 6.07) is 10.5. The molecule has 18 heavy (non-hydrogen) atoms. The topological polar surface area (TPSA) is 23.6 Å². The van der Waals surface area contributed by atoms with E-state index in [0.717, 1.165) is 39.0 Å². The second kappa shape index (κ2) is 5.11. The average Bonchev–Trinajstić information content (AvgIpc) is 3.25. The lowest BCUT2D eigenvalue weighted by Crippen LogP contribution is -2.48. The lowest BCUT2D eigenvalue weighted by molar-refractivity contribution is -0.121. The fourth-order valence-corrected chi connectivity index (χ4v) is 2.56. The number of para-hydroxylation sites is 1. The molecule has 1 aromatic rings. The van der Waals surface area contributed by atoms with E-state index in [1.54, 1.807) is 0 Å². The minimum atomic E-state index is 0.400. The number of anilines is 1. The van der Waals surface area contributed by atoms with E-state index in [0.29, 0.717) is 18.2 Å². The molecule has 96 valence electrons. The summed E-state index contributed by atoms with van der Waals surface area (Å²) in [7, 11) is 0. The van der Waals surface area contributed by atoms with Gasteiger partial charge in [-0.1, -0.05) is 18.2 Å². The molecule has 3 rings (SSSR count). The molecular weight excluding hydrogens is 224 g/mol. The van der Waals surface area contributed by atoms with Crippen LogP contribution < -0.4 is 4.90 Å². The number of rotatable bonds is 4. The van der Waals surface area contributed by atoms with Gasteiger partial charge in [0, 0.05) is 37.8 Å². The monoisotopic (exact) mass is 244 g/mol. The Hall–Kier alpha value is -1.35. The van der Waals surface area contributed by atoms with E-state index in [1.807, 2.05) is 6.07 Å². The molecule has 1 aromatic carbocycles. The maximum atomic E-state index is 11.8. The van der Waals surface area contributed by atoms with Crippen molar-refractivity contribution in [2.24, 2.45) is 5.92 Å². The van der Waals surface area contributed by atoms with Gasteiger partial charge in [0.05, 0.1) is 6.54 Å². The van der Waals surface area contributed by atoms with Gasteiger partial charge in [-0.15, -0.1) is 0 Å². The smallest absolute Gasteiger partial charge is 0.149 e. The predicted molar refractivity (Wildman–Crippen MR) is 72.8 cm³/mol. The summed E-state index contributed by atoms with van der Waals surface area (Å²) in [6.07, 6.45) is 2.26. The molecule has 0 radical (unpaired) electrons.